The molecule has 1 atom stereocenters. The summed E-state index contributed by atoms with van der Waals surface area (Å²) in [7, 11) is 3.14. The number of nitrogens with zero attached hydrogens (tertiary/aromatic N) is 2. The summed E-state index contributed by atoms with van der Waals surface area (Å²) in [5.74, 6) is 0.486. The lowest BCUT2D eigenvalue weighted by molar-refractivity contribution is -0.125. The van der Waals surface area contributed by atoms with Crippen molar-refractivity contribution in [3.8, 4) is 22.8 Å². The van der Waals surface area contributed by atoms with Gasteiger partial charge in [-0.3, -0.25) is 10.1 Å². The van der Waals surface area contributed by atoms with Gasteiger partial charge in [-0.2, -0.15) is 0 Å². The fourth-order valence-corrected chi connectivity index (χ4v) is 3.72. The third-order valence-corrected chi connectivity index (χ3v) is 5.29. The first-order valence-electron chi connectivity index (χ1n) is 9.05. The molecule has 7 nitrogen and oxygen atoms in total. The van der Waals surface area contributed by atoms with E-state index in [2.05, 4.69) is 15.5 Å². The number of carbonyl (C=O) groups is 1. The number of carbonyl (C=O) groups excluding carboxylic acids is 1. The summed E-state index contributed by atoms with van der Waals surface area (Å²) in [5.41, 5.74) is 2.65. The summed E-state index contributed by atoms with van der Waals surface area (Å²) in [4.78, 5) is 22.2. The van der Waals surface area contributed by atoms with Gasteiger partial charge in [0.25, 0.3) is 5.91 Å². The van der Waals surface area contributed by atoms with E-state index in [-0.39, 0.29) is 18.1 Å². The second kappa shape index (κ2) is 8.50. The van der Waals surface area contributed by atoms with Crippen molar-refractivity contribution in [2.75, 3.05) is 19.5 Å². The molecule has 1 amide bonds. The fraction of sp³-hybridized carbons (Fsp3) is 0.190. The summed E-state index contributed by atoms with van der Waals surface area (Å²) in [5, 5.41) is 8.95. The molecule has 0 spiro atoms. The zero-order valence-corrected chi connectivity index (χ0v) is 17.0. The minimum absolute atomic E-state index is 0.253. The normalized spacial score (nSPS) is 15.3. The van der Waals surface area contributed by atoms with E-state index in [4.69, 9.17) is 14.3 Å². The predicted octanol–water partition coefficient (Wildman–Crippen LogP) is 4.10. The molecule has 1 aliphatic heterocycles. The first-order chi connectivity index (χ1) is 14.6. The Hall–Kier alpha value is -3.46. The second-order valence-corrected chi connectivity index (χ2v) is 7.30. The van der Waals surface area contributed by atoms with E-state index in [0.717, 1.165) is 5.56 Å². The van der Waals surface area contributed by atoms with Gasteiger partial charge in [0.1, 0.15) is 5.82 Å². The Labute approximate surface area is 176 Å². The highest BCUT2D eigenvalue weighted by molar-refractivity contribution is 7.14. The molecule has 1 aromatic heterocycles. The van der Waals surface area contributed by atoms with Gasteiger partial charge >= 0.3 is 0 Å². The largest absolute Gasteiger partial charge is 0.493 e. The van der Waals surface area contributed by atoms with E-state index in [0.29, 0.717) is 33.6 Å². The lowest BCUT2D eigenvalue weighted by Gasteiger charge is -2.08. The highest BCUT2D eigenvalue weighted by Crippen LogP contribution is 2.33. The first-order valence-corrected chi connectivity index (χ1v) is 9.92. The summed E-state index contributed by atoms with van der Waals surface area (Å²) < 4.78 is 24.0. The minimum atomic E-state index is -0.795. The van der Waals surface area contributed by atoms with Gasteiger partial charge in [-0.25, -0.2) is 9.37 Å². The standard InChI is InChI=1S/C21H18FN3O4S/c1-27-17-7-6-13(9-18(17)28-2)16-11-30-21(23-16)24-20(26)19-10-15(25-29-19)12-4-3-5-14(22)8-12/h3-9,11,19H,10H2,1-2H3,(H,23,24,26). The highest BCUT2D eigenvalue weighted by Gasteiger charge is 2.29. The van der Waals surface area contributed by atoms with Crippen LogP contribution in [0.25, 0.3) is 11.3 Å². The van der Waals surface area contributed by atoms with Gasteiger partial charge in [0.15, 0.2) is 16.6 Å². The Bertz CT molecular complexity index is 1120. The van der Waals surface area contributed by atoms with Crippen molar-refractivity contribution in [2.45, 2.75) is 12.5 Å². The number of methoxy groups -OCH3 is 2. The van der Waals surface area contributed by atoms with Crippen molar-refractivity contribution < 1.29 is 23.5 Å². The second-order valence-electron chi connectivity index (χ2n) is 6.44. The average molecular weight is 427 g/mol. The lowest BCUT2D eigenvalue weighted by Crippen LogP contribution is -2.28. The Morgan fingerprint density at radius 1 is 1.17 bits per heavy atom. The first kappa shape index (κ1) is 19.8. The number of oxime groups is 1. The number of anilines is 1. The van der Waals surface area contributed by atoms with Crippen molar-refractivity contribution in [1.82, 2.24) is 4.98 Å². The van der Waals surface area contributed by atoms with Crippen LogP contribution in [0.2, 0.25) is 0 Å². The maximum Gasteiger partial charge on any atom is 0.270 e. The van der Waals surface area contributed by atoms with Crippen molar-refractivity contribution in [1.29, 1.82) is 0 Å². The topological polar surface area (TPSA) is 82.0 Å². The molecule has 1 aliphatic rings. The van der Waals surface area contributed by atoms with Crippen LogP contribution >= 0.6 is 11.3 Å². The third kappa shape index (κ3) is 4.11. The van der Waals surface area contributed by atoms with Crippen LogP contribution in [0.4, 0.5) is 9.52 Å². The highest BCUT2D eigenvalue weighted by atomic mass is 32.1. The lowest BCUT2D eigenvalue weighted by atomic mass is 10.0. The number of hydrogen-bond donors (Lipinski definition) is 1. The summed E-state index contributed by atoms with van der Waals surface area (Å²) in [6.45, 7) is 0. The molecule has 1 unspecified atom stereocenters. The average Bonchev–Trinajstić information content (AvgIpc) is 3.43. The maximum absolute atomic E-state index is 13.4. The monoisotopic (exact) mass is 427 g/mol. The van der Waals surface area contributed by atoms with Gasteiger partial charge < -0.3 is 14.3 Å². The van der Waals surface area contributed by atoms with E-state index < -0.39 is 6.10 Å². The molecule has 30 heavy (non-hydrogen) atoms. The van der Waals surface area contributed by atoms with Crippen molar-refractivity contribution >= 4 is 28.1 Å². The molecule has 0 aliphatic carbocycles. The van der Waals surface area contributed by atoms with Crippen LogP contribution in [0.3, 0.4) is 0 Å². The van der Waals surface area contributed by atoms with E-state index in [9.17, 15) is 9.18 Å². The zero-order valence-electron chi connectivity index (χ0n) is 16.2. The minimum Gasteiger partial charge on any atom is -0.493 e. The number of hydrogen-bond acceptors (Lipinski definition) is 7. The van der Waals surface area contributed by atoms with Crippen molar-refractivity contribution in [3.63, 3.8) is 0 Å². The molecule has 3 aromatic rings. The van der Waals surface area contributed by atoms with Crippen molar-refractivity contribution in [3.05, 3.63) is 59.2 Å². The summed E-state index contributed by atoms with van der Waals surface area (Å²) in [6, 6.07) is 11.5. The number of aromatic nitrogens is 1. The van der Waals surface area contributed by atoms with Crippen LogP contribution in [0.15, 0.2) is 53.0 Å². The number of rotatable bonds is 6. The van der Waals surface area contributed by atoms with Gasteiger partial charge in [0.2, 0.25) is 6.10 Å². The molecule has 9 heteroatoms. The smallest absolute Gasteiger partial charge is 0.270 e. The summed E-state index contributed by atoms with van der Waals surface area (Å²) >= 11 is 1.30. The van der Waals surface area contributed by atoms with E-state index in [1.165, 1.54) is 23.5 Å². The molecule has 2 aromatic carbocycles. The molecule has 0 bridgehead atoms. The van der Waals surface area contributed by atoms with E-state index in [1.54, 1.807) is 32.4 Å². The Morgan fingerprint density at radius 2 is 2.00 bits per heavy atom. The molecule has 0 saturated heterocycles. The molecule has 4 rings (SSSR count). The van der Waals surface area contributed by atoms with Crippen LogP contribution in [0.1, 0.15) is 12.0 Å². The molecule has 0 saturated carbocycles. The van der Waals surface area contributed by atoms with Crippen LogP contribution in [-0.2, 0) is 9.63 Å². The molecule has 154 valence electrons. The van der Waals surface area contributed by atoms with Crippen LogP contribution in [0.5, 0.6) is 11.5 Å². The van der Waals surface area contributed by atoms with Crippen LogP contribution in [-0.4, -0.2) is 36.9 Å². The Balaban J connectivity index is 1.41. The number of amides is 1. The molecular weight excluding hydrogens is 409 g/mol. The van der Waals surface area contributed by atoms with Gasteiger partial charge in [-0.15, -0.1) is 11.3 Å². The van der Waals surface area contributed by atoms with E-state index in [1.807, 2.05) is 17.5 Å². The van der Waals surface area contributed by atoms with Crippen molar-refractivity contribution in [2.24, 2.45) is 5.16 Å². The Kier molecular flexibility index (Phi) is 5.62. The van der Waals surface area contributed by atoms with Gasteiger partial charge in [0, 0.05) is 22.9 Å². The fourth-order valence-electron chi connectivity index (χ4n) is 3.00. The van der Waals surface area contributed by atoms with Gasteiger partial charge in [-0.05, 0) is 30.3 Å². The number of ether oxygens (including phenoxy) is 2. The van der Waals surface area contributed by atoms with Crippen LogP contribution in [0, 0.1) is 5.82 Å². The molecule has 2 heterocycles. The quantitative estimate of drug-likeness (QED) is 0.641. The molecule has 1 N–H and O–H groups in total. The van der Waals surface area contributed by atoms with Crippen LogP contribution < -0.4 is 14.8 Å². The molecular formula is C21H18FN3O4S. The number of benzene rings is 2. The predicted molar refractivity (Wildman–Crippen MR) is 112 cm³/mol. The van der Waals surface area contributed by atoms with Gasteiger partial charge in [0.05, 0.1) is 25.6 Å². The molecule has 0 fully saturated rings. The maximum atomic E-state index is 13.4. The number of halogens is 1. The SMILES string of the molecule is COc1ccc(-c2csc(NC(=O)C3CC(c4cccc(F)c4)=NO3)n2)cc1OC. The number of nitrogens with one attached hydrogen (secondary N) is 1. The van der Waals surface area contributed by atoms with Gasteiger partial charge in [-0.1, -0.05) is 17.3 Å². The van der Waals surface area contributed by atoms with E-state index >= 15 is 0 Å². The molecule has 0 radical (unpaired) electrons. The number of thiazole rings is 1. The third-order valence-electron chi connectivity index (χ3n) is 4.53. The summed E-state index contributed by atoms with van der Waals surface area (Å²) in [6.07, 6.45) is -0.542. The zero-order chi connectivity index (χ0) is 21.1. The Morgan fingerprint density at radius 3 is 2.77 bits per heavy atom.